The van der Waals surface area contributed by atoms with Crippen molar-refractivity contribution in [1.29, 1.82) is 0 Å². The monoisotopic (exact) mass is 355 g/mol. The molecule has 0 radical (unpaired) electrons. The van der Waals surface area contributed by atoms with E-state index in [1.54, 1.807) is 26.8 Å². The molecule has 0 aliphatic carbocycles. The van der Waals surface area contributed by atoms with Crippen LogP contribution < -0.4 is 16.0 Å². The molecule has 1 rings (SSSR count). The number of carbonyl (C=O) groups excluding carboxylic acids is 3. The van der Waals surface area contributed by atoms with Gasteiger partial charge >= 0.3 is 6.09 Å². The first-order chi connectivity index (χ1) is 11.7. The van der Waals surface area contributed by atoms with Crippen molar-refractivity contribution < 1.29 is 24.2 Å². The Hall–Kier alpha value is -2.09. The van der Waals surface area contributed by atoms with Crippen LogP contribution in [0.25, 0.3) is 0 Å². The lowest BCUT2D eigenvalue weighted by molar-refractivity contribution is -0.130. The van der Waals surface area contributed by atoms with Crippen LogP contribution in [-0.2, 0) is 14.3 Å². The molecule has 0 aromatic rings. The van der Waals surface area contributed by atoms with E-state index < -0.39 is 29.7 Å². The van der Waals surface area contributed by atoms with Crippen molar-refractivity contribution in [2.45, 2.75) is 64.2 Å². The van der Waals surface area contributed by atoms with Gasteiger partial charge in [0.15, 0.2) is 6.10 Å². The van der Waals surface area contributed by atoms with Crippen molar-refractivity contribution in [2.24, 2.45) is 0 Å². The van der Waals surface area contributed by atoms with Crippen molar-refractivity contribution >= 4 is 17.9 Å². The molecular formula is C17H29N3O5. The first-order valence-corrected chi connectivity index (χ1v) is 8.56. The molecule has 1 aliphatic rings. The molecule has 3 amide bonds. The summed E-state index contributed by atoms with van der Waals surface area (Å²) < 4.78 is 5.18. The van der Waals surface area contributed by atoms with Gasteiger partial charge in [0.1, 0.15) is 5.60 Å². The molecule has 0 bridgehead atoms. The van der Waals surface area contributed by atoms with E-state index in [9.17, 15) is 19.5 Å². The average Bonchev–Trinajstić information content (AvgIpc) is 2.50. The Labute approximate surface area is 148 Å². The minimum atomic E-state index is -1.42. The van der Waals surface area contributed by atoms with Gasteiger partial charge in [-0.15, -0.1) is 0 Å². The van der Waals surface area contributed by atoms with Crippen LogP contribution >= 0.6 is 0 Å². The molecule has 142 valence electrons. The molecule has 0 fully saturated rings. The van der Waals surface area contributed by atoms with Crippen LogP contribution in [0.5, 0.6) is 0 Å². The molecule has 1 heterocycles. The van der Waals surface area contributed by atoms with Crippen LogP contribution in [0.1, 0.15) is 46.5 Å². The number of aliphatic hydroxyl groups is 1. The predicted molar refractivity (Wildman–Crippen MR) is 92.8 cm³/mol. The molecule has 0 spiro atoms. The zero-order chi connectivity index (χ0) is 18.9. The van der Waals surface area contributed by atoms with Crippen LogP contribution in [0.4, 0.5) is 4.79 Å². The number of carbonyl (C=O) groups is 3. The third-order valence-corrected chi connectivity index (χ3v) is 3.43. The van der Waals surface area contributed by atoms with Crippen molar-refractivity contribution in [3.63, 3.8) is 0 Å². The van der Waals surface area contributed by atoms with E-state index in [1.165, 1.54) is 0 Å². The third-order valence-electron chi connectivity index (χ3n) is 3.43. The smallest absolute Gasteiger partial charge is 0.407 e. The molecule has 2 atom stereocenters. The maximum atomic E-state index is 12.1. The Balaban J connectivity index is 2.75. The fraction of sp³-hybridized carbons (Fsp3) is 0.706. The lowest BCUT2D eigenvalue weighted by atomic mass is 10.1. The highest BCUT2D eigenvalue weighted by atomic mass is 16.6. The van der Waals surface area contributed by atoms with Gasteiger partial charge in [-0.3, -0.25) is 9.59 Å². The highest BCUT2D eigenvalue weighted by Crippen LogP contribution is 2.09. The number of rotatable bonds is 1. The van der Waals surface area contributed by atoms with Gasteiger partial charge in [-0.1, -0.05) is 12.2 Å². The fourth-order valence-corrected chi connectivity index (χ4v) is 2.23. The van der Waals surface area contributed by atoms with Crippen LogP contribution in [0.15, 0.2) is 12.2 Å². The van der Waals surface area contributed by atoms with Gasteiger partial charge in [0.25, 0.3) is 5.91 Å². The quantitative estimate of drug-likeness (QED) is 0.514. The van der Waals surface area contributed by atoms with Crippen molar-refractivity contribution in [2.75, 3.05) is 13.1 Å². The molecule has 0 saturated carbocycles. The van der Waals surface area contributed by atoms with E-state index >= 15 is 0 Å². The summed E-state index contributed by atoms with van der Waals surface area (Å²) in [6.45, 7) is 5.69. The molecule has 2 unspecified atom stereocenters. The van der Waals surface area contributed by atoms with Crippen LogP contribution in [-0.4, -0.2) is 53.9 Å². The van der Waals surface area contributed by atoms with Crippen molar-refractivity contribution in [3.05, 3.63) is 12.2 Å². The highest BCUT2D eigenvalue weighted by molar-refractivity contribution is 5.82. The minimum absolute atomic E-state index is 0.0651. The lowest BCUT2D eigenvalue weighted by Crippen LogP contribution is -2.52. The van der Waals surface area contributed by atoms with E-state index in [0.717, 1.165) is 0 Å². The van der Waals surface area contributed by atoms with Crippen LogP contribution in [0.3, 0.4) is 0 Å². The summed E-state index contributed by atoms with van der Waals surface area (Å²) in [5, 5.41) is 18.0. The second-order valence-electron chi connectivity index (χ2n) is 6.94. The van der Waals surface area contributed by atoms with E-state index in [-0.39, 0.29) is 25.4 Å². The maximum Gasteiger partial charge on any atom is 0.407 e. The summed E-state index contributed by atoms with van der Waals surface area (Å²) in [4.78, 5) is 35.5. The van der Waals surface area contributed by atoms with Gasteiger partial charge in [0.2, 0.25) is 5.91 Å². The summed E-state index contributed by atoms with van der Waals surface area (Å²) in [6, 6.07) is -0.802. The first-order valence-electron chi connectivity index (χ1n) is 8.56. The van der Waals surface area contributed by atoms with E-state index in [0.29, 0.717) is 19.3 Å². The Morgan fingerprint density at radius 2 is 1.92 bits per heavy atom. The molecule has 1 aliphatic heterocycles. The van der Waals surface area contributed by atoms with Crippen molar-refractivity contribution in [3.8, 4) is 0 Å². The van der Waals surface area contributed by atoms with Crippen LogP contribution in [0, 0.1) is 0 Å². The maximum absolute atomic E-state index is 12.1. The Kier molecular flexibility index (Phi) is 8.40. The second-order valence-corrected chi connectivity index (χ2v) is 6.94. The summed E-state index contributed by atoms with van der Waals surface area (Å²) in [5.74, 6) is -0.675. The molecule has 25 heavy (non-hydrogen) atoms. The normalized spacial score (nSPS) is 25.1. The topological polar surface area (TPSA) is 117 Å². The van der Waals surface area contributed by atoms with E-state index in [1.807, 2.05) is 6.08 Å². The molecule has 0 aromatic carbocycles. The summed E-state index contributed by atoms with van der Waals surface area (Å²) in [7, 11) is 0. The third kappa shape index (κ3) is 9.09. The number of nitrogens with one attached hydrogen (secondary N) is 3. The largest absolute Gasteiger partial charge is 0.444 e. The minimum Gasteiger partial charge on any atom is -0.444 e. The lowest BCUT2D eigenvalue weighted by Gasteiger charge is -2.25. The van der Waals surface area contributed by atoms with Gasteiger partial charge in [0, 0.05) is 19.5 Å². The van der Waals surface area contributed by atoms with Crippen LogP contribution in [0.2, 0.25) is 0 Å². The van der Waals surface area contributed by atoms with Gasteiger partial charge < -0.3 is 25.8 Å². The number of ether oxygens (including phenoxy) is 1. The summed E-state index contributed by atoms with van der Waals surface area (Å²) in [6.07, 6.45) is 3.65. The second kappa shape index (κ2) is 10.0. The summed E-state index contributed by atoms with van der Waals surface area (Å²) >= 11 is 0. The fourth-order valence-electron chi connectivity index (χ4n) is 2.23. The SMILES string of the molecule is CC(C)(C)OC(=O)NC1C/C=C\CCCC(=O)NCCNC(=O)C1O. The molecular weight excluding hydrogens is 326 g/mol. The van der Waals surface area contributed by atoms with E-state index in [2.05, 4.69) is 16.0 Å². The molecule has 4 N–H and O–H groups in total. The number of hydrogen-bond donors (Lipinski definition) is 4. The van der Waals surface area contributed by atoms with E-state index in [4.69, 9.17) is 4.74 Å². The first kappa shape index (κ1) is 21.0. The zero-order valence-electron chi connectivity index (χ0n) is 15.1. The van der Waals surface area contributed by atoms with Gasteiger partial charge in [-0.05, 0) is 40.0 Å². The Morgan fingerprint density at radius 3 is 2.60 bits per heavy atom. The number of allylic oxidation sites excluding steroid dienone is 1. The van der Waals surface area contributed by atoms with Gasteiger partial charge in [0.05, 0.1) is 6.04 Å². The van der Waals surface area contributed by atoms with Crippen molar-refractivity contribution in [1.82, 2.24) is 16.0 Å². The Morgan fingerprint density at radius 1 is 1.24 bits per heavy atom. The average molecular weight is 355 g/mol. The van der Waals surface area contributed by atoms with Gasteiger partial charge in [-0.2, -0.15) is 0 Å². The van der Waals surface area contributed by atoms with Gasteiger partial charge in [-0.25, -0.2) is 4.79 Å². The standard InChI is InChI=1S/C17H29N3O5/c1-17(2,3)25-16(24)20-12-8-6-4-5-7-9-13(21)18-10-11-19-15(23)14(12)22/h4,6,12,14,22H,5,7-11H2,1-3H3,(H,18,21)(H,19,23)(H,20,24)/b6-4-. The molecule has 8 heteroatoms. The zero-order valence-corrected chi connectivity index (χ0v) is 15.1. The molecule has 0 saturated heterocycles. The summed E-state index contributed by atoms with van der Waals surface area (Å²) in [5.41, 5.74) is -0.674. The number of aliphatic hydroxyl groups excluding tert-OH is 1. The number of alkyl carbamates (subject to hydrolysis) is 1. The molecule has 0 aromatic heterocycles. The Bertz CT molecular complexity index is 499. The highest BCUT2D eigenvalue weighted by Gasteiger charge is 2.28. The number of amides is 3. The molecule has 8 nitrogen and oxygen atoms in total. The predicted octanol–water partition coefficient (Wildman–Crippen LogP) is 0.603. The number of hydrogen-bond acceptors (Lipinski definition) is 5.